The zero-order chi connectivity index (χ0) is 13.1. The van der Waals surface area contributed by atoms with Crippen LogP contribution < -0.4 is 5.32 Å². The predicted octanol–water partition coefficient (Wildman–Crippen LogP) is 3.13. The smallest absolute Gasteiger partial charge is 0.270 e. The largest absolute Gasteiger partial charge is 0.314 e. The van der Waals surface area contributed by atoms with Gasteiger partial charge < -0.3 is 5.32 Å². The van der Waals surface area contributed by atoms with Gasteiger partial charge >= 0.3 is 0 Å². The molecule has 18 heavy (non-hydrogen) atoms. The first-order valence-electron chi connectivity index (χ1n) is 6.28. The second-order valence-corrected chi connectivity index (χ2v) is 5.90. The van der Waals surface area contributed by atoms with Gasteiger partial charge in [-0.1, -0.05) is 13.0 Å². The van der Waals surface area contributed by atoms with Gasteiger partial charge in [0, 0.05) is 21.7 Å². The Morgan fingerprint density at radius 1 is 1.56 bits per heavy atom. The summed E-state index contributed by atoms with van der Waals surface area (Å²) in [6.07, 6.45) is 3.58. The molecule has 2 rings (SSSR count). The number of nitrogens with one attached hydrogen (secondary N) is 1. The Bertz CT molecular complexity index is 447. The molecule has 0 amide bonds. The van der Waals surface area contributed by atoms with Crippen molar-refractivity contribution in [3.8, 4) is 0 Å². The van der Waals surface area contributed by atoms with E-state index in [-0.39, 0.29) is 10.6 Å². The first kappa shape index (κ1) is 13.7. The van der Waals surface area contributed by atoms with E-state index in [2.05, 4.69) is 34.8 Å². The zero-order valence-corrected chi connectivity index (χ0v) is 12.5. The third kappa shape index (κ3) is 3.41. The van der Waals surface area contributed by atoms with Crippen LogP contribution in [0, 0.1) is 19.6 Å². The van der Waals surface area contributed by atoms with Crippen LogP contribution in [0.1, 0.15) is 25.3 Å². The van der Waals surface area contributed by atoms with E-state index in [0.717, 1.165) is 22.5 Å². The quantitative estimate of drug-likeness (QED) is 0.482. The molecule has 0 aliphatic heterocycles. The topological polar surface area (TPSA) is 55.2 Å². The van der Waals surface area contributed by atoms with Crippen LogP contribution >= 0.6 is 22.6 Å². The highest BCUT2D eigenvalue weighted by atomic mass is 127. The molecule has 1 N–H and O–H groups in total. The Kier molecular flexibility index (Phi) is 4.55. The fourth-order valence-electron chi connectivity index (χ4n) is 2.22. The molecule has 4 nitrogen and oxygen atoms in total. The molecule has 0 aromatic heterocycles. The molecule has 1 aliphatic carbocycles. The molecule has 5 heteroatoms. The van der Waals surface area contributed by atoms with Crippen molar-refractivity contribution in [3.63, 3.8) is 0 Å². The summed E-state index contributed by atoms with van der Waals surface area (Å²) in [5.74, 6) is 0.788. The van der Waals surface area contributed by atoms with Crippen LogP contribution in [0.2, 0.25) is 0 Å². The van der Waals surface area contributed by atoms with Crippen molar-refractivity contribution in [1.82, 2.24) is 5.32 Å². The maximum absolute atomic E-state index is 10.7. The molecule has 1 aromatic carbocycles. The lowest BCUT2D eigenvalue weighted by Gasteiger charge is -2.18. The number of non-ortho nitro benzene ring substituents is 1. The first-order valence-corrected chi connectivity index (χ1v) is 7.36. The van der Waals surface area contributed by atoms with Crippen molar-refractivity contribution >= 4 is 28.3 Å². The number of likely N-dealkylation sites (N-methyl/N-ethyl adjacent to an activating group) is 1. The van der Waals surface area contributed by atoms with Gasteiger partial charge in [0.1, 0.15) is 0 Å². The Morgan fingerprint density at radius 2 is 2.28 bits per heavy atom. The van der Waals surface area contributed by atoms with E-state index in [9.17, 15) is 10.1 Å². The molecular weight excluding hydrogens is 343 g/mol. The minimum Gasteiger partial charge on any atom is -0.314 e. The van der Waals surface area contributed by atoms with E-state index in [1.807, 2.05) is 6.07 Å². The van der Waals surface area contributed by atoms with Crippen LogP contribution in [0.25, 0.3) is 0 Å². The predicted molar refractivity (Wildman–Crippen MR) is 79.7 cm³/mol. The maximum Gasteiger partial charge on any atom is 0.270 e. The summed E-state index contributed by atoms with van der Waals surface area (Å²) >= 11 is 2.19. The third-order valence-electron chi connectivity index (χ3n) is 3.34. The Morgan fingerprint density at radius 3 is 2.78 bits per heavy atom. The summed E-state index contributed by atoms with van der Waals surface area (Å²) in [5.41, 5.74) is 1.38. The third-order valence-corrected chi connectivity index (χ3v) is 4.35. The van der Waals surface area contributed by atoms with E-state index in [4.69, 9.17) is 0 Å². The Hall–Kier alpha value is -0.690. The summed E-state index contributed by atoms with van der Waals surface area (Å²) in [6, 6.07) is 5.68. The van der Waals surface area contributed by atoms with Crippen LogP contribution in [0.5, 0.6) is 0 Å². The summed E-state index contributed by atoms with van der Waals surface area (Å²) < 4.78 is 0.991. The number of nitrogens with zero attached hydrogens (tertiary/aromatic N) is 1. The van der Waals surface area contributed by atoms with E-state index in [1.165, 1.54) is 18.4 Å². The first-order chi connectivity index (χ1) is 8.61. The highest BCUT2D eigenvalue weighted by Gasteiger charge is 2.30. The number of hydrogen-bond acceptors (Lipinski definition) is 3. The van der Waals surface area contributed by atoms with Crippen LogP contribution in [0.15, 0.2) is 18.2 Å². The number of halogens is 1. The van der Waals surface area contributed by atoms with Crippen LogP contribution in [0.4, 0.5) is 5.69 Å². The van der Waals surface area contributed by atoms with Crippen molar-refractivity contribution in [3.05, 3.63) is 37.4 Å². The van der Waals surface area contributed by atoms with Crippen molar-refractivity contribution < 1.29 is 4.92 Å². The van der Waals surface area contributed by atoms with Gasteiger partial charge in [0.25, 0.3) is 5.69 Å². The van der Waals surface area contributed by atoms with Gasteiger partial charge in [0.05, 0.1) is 4.92 Å². The lowest BCUT2D eigenvalue weighted by molar-refractivity contribution is -0.385. The summed E-state index contributed by atoms with van der Waals surface area (Å²) in [5, 5.41) is 14.2. The van der Waals surface area contributed by atoms with Crippen LogP contribution in [-0.2, 0) is 6.42 Å². The highest BCUT2D eigenvalue weighted by molar-refractivity contribution is 14.1. The molecular formula is C13H17IN2O2. The van der Waals surface area contributed by atoms with Crippen molar-refractivity contribution in [2.45, 2.75) is 32.2 Å². The second-order valence-electron chi connectivity index (χ2n) is 4.74. The van der Waals surface area contributed by atoms with Gasteiger partial charge in [0.15, 0.2) is 0 Å². The normalized spacial score (nSPS) is 16.6. The standard InChI is InChI=1S/C13H17IN2O2/c1-2-15-13(9-3-4-9)7-10-5-6-11(16(17)18)8-12(10)14/h5-6,8-9,13,15H,2-4,7H2,1H3. The van der Waals surface area contributed by atoms with Gasteiger partial charge in [-0.25, -0.2) is 0 Å². The minimum absolute atomic E-state index is 0.176. The molecule has 0 bridgehead atoms. The molecule has 0 heterocycles. The zero-order valence-electron chi connectivity index (χ0n) is 10.4. The van der Waals surface area contributed by atoms with E-state index >= 15 is 0 Å². The molecule has 1 aliphatic rings. The Balaban J connectivity index is 2.10. The number of nitro groups is 1. The van der Waals surface area contributed by atoms with Gasteiger partial charge in [-0.05, 0) is 59.9 Å². The fourth-order valence-corrected chi connectivity index (χ4v) is 2.94. The minimum atomic E-state index is -0.339. The lowest BCUT2D eigenvalue weighted by atomic mass is 10.0. The molecule has 0 spiro atoms. The monoisotopic (exact) mass is 360 g/mol. The average molecular weight is 360 g/mol. The van der Waals surface area contributed by atoms with Gasteiger partial charge in [-0.2, -0.15) is 0 Å². The number of hydrogen-bond donors (Lipinski definition) is 1. The lowest BCUT2D eigenvalue weighted by Crippen LogP contribution is -2.33. The Labute approximate surface area is 120 Å². The van der Waals surface area contributed by atoms with Gasteiger partial charge in [-0.3, -0.25) is 10.1 Å². The fraction of sp³-hybridized carbons (Fsp3) is 0.538. The highest BCUT2D eigenvalue weighted by Crippen LogP contribution is 2.34. The van der Waals surface area contributed by atoms with E-state index in [1.54, 1.807) is 12.1 Å². The van der Waals surface area contributed by atoms with Crippen molar-refractivity contribution in [2.75, 3.05) is 6.54 Å². The summed E-state index contributed by atoms with van der Waals surface area (Å²) in [7, 11) is 0. The molecule has 0 radical (unpaired) electrons. The summed E-state index contributed by atoms with van der Waals surface area (Å²) in [4.78, 5) is 10.4. The molecule has 1 unspecified atom stereocenters. The molecule has 1 aromatic rings. The van der Waals surface area contributed by atoms with E-state index in [0.29, 0.717) is 6.04 Å². The molecule has 1 atom stereocenters. The van der Waals surface area contributed by atoms with Gasteiger partial charge in [-0.15, -0.1) is 0 Å². The molecule has 1 fully saturated rings. The molecule has 1 saturated carbocycles. The molecule has 0 saturated heterocycles. The van der Waals surface area contributed by atoms with Crippen molar-refractivity contribution in [1.29, 1.82) is 0 Å². The number of rotatable bonds is 6. The average Bonchev–Trinajstić information content (AvgIpc) is 3.14. The van der Waals surface area contributed by atoms with Crippen LogP contribution in [-0.4, -0.2) is 17.5 Å². The number of benzene rings is 1. The van der Waals surface area contributed by atoms with Crippen molar-refractivity contribution in [2.24, 2.45) is 5.92 Å². The SMILES string of the molecule is CCNC(Cc1ccc([N+](=O)[O-])cc1I)C1CC1. The second kappa shape index (κ2) is 5.97. The maximum atomic E-state index is 10.7. The van der Waals surface area contributed by atoms with Gasteiger partial charge in [0.2, 0.25) is 0 Å². The molecule has 98 valence electrons. The number of nitro benzene ring substituents is 1. The van der Waals surface area contributed by atoms with Crippen LogP contribution in [0.3, 0.4) is 0 Å². The summed E-state index contributed by atoms with van der Waals surface area (Å²) in [6.45, 7) is 3.10. The van der Waals surface area contributed by atoms with E-state index < -0.39 is 0 Å².